The minimum absolute atomic E-state index is 0.0289. The van der Waals surface area contributed by atoms with Crippen molar-refractivity contribution in [2.24, 2.45) is 0 Å². The van der Waals surface area contributed by atoms with Crippen molar-refractivity contribution in [1.82, 2.24) is 10.2 Å². The second-order valence-electron chi connectivity index (χ2n) is 2.27. The van der Waals surface area contributed by atoms with Gasteiger partial charge in [0.25, 0.3) is 0 Å². The van der Waals surface area contributed by atoms with Crippen LogP contribution in [0, 0.1) is 0 Å². The summed E-state index contributed by atoms with van der Waals surface area (Å²) >= 11 is 0. The second-order valence-corrected chi connectivity index (χ2v) is 3.36. The number of hydrogen-bond donors (Lipinski definition) is 2. The van der Waals surface area contributed by atoms with Gasteiger partial charge in [0.05, 0.1) is 13.3 Å². The van der Waals surface area contributed by atoms with Gasteiger partial charge in [-0.1, -0.05) is 0 Å². The minimum Gasteiger partial charge on any atom is -0.373 e. The van der Waals surface area contributed by atoms with Crippen LogP contribution in [0.2, 0.25) is 0 Å². The highest BCUT2D eigenvalue weighted by atomic mass is 32.3. The summed E-state index contributed by atoms with van der Waals surface area (Å²) in [4.78, 5) is 2.07. The summed E-state index contributed by atoms with van der Waals surface area (Å²) in [6, 6.07) is 0. The van der Waals surface area contributed by atoms with Gasteiger partial charge in [0.15, 0.2) is 0 Å². The summed E-state index contributed by atoms with van der Waals surface area (Å²) in [5.41, 5.74) is 0. The first-order valence-corrected chi connectivity index (χ1v) is 5.04. The van der Waals surface area contributed by atoms with E-state index in [9.17, 15) is 8.42 Å². The van der Waals surface area contributed by atoms with Crippen molar-refractivity contribution in [3.8, 4) is 0 Å². The molecule has 0 bridgehead atoms. The topological polar surface area (TPSA) is 78.9 Å². The Kier molecular flexibility index (Phi) is 5.44. The predicted octanol–water partition coefficient (Wildman–Crippen LogP) is -0.224. The van der Waals surface area contributed by atoms with E-state index in [1.54, 1.807) is 0 Å². The Morgan fingerprint density at radius 2 is 2.31 bits per heavy atom. The molecular weight excluding hydrogens is 196 g/mol. The highest BCUT2D eigenvalue weighted by Gasteiger charge is 1.98. The van der Waals surface area contributed by atoms with Crippen molar-refractivity contribution in [3.05, 3.63) is 12.4 Å². The zero-order valence-corrected chi connectivity index (χ0v) is 8.41. The third kappa shape index (κ3) is 9.12. The Labute approximate surface area is 78.1 Å². The van der Waals surface area contributed by atoms with Crippen molar-refractivity contribution < 1.29 is 17.2 Å². The molecule has 0 aromatic heterocycles. The molecule has 0 aromatic rings. The van der Waals surface area contributed by atoms with Gasteiger partial charge in [-0.05, 0) is 6.92 Å². The van der Waals surface area contributed by atoms with Crippen LogP contribution in [0.1, 0.15) is 6.92 Å². The first-order valence-electron chi connectivity index (χ1n) is 3.68. The van der Waals surface area contributed by atoms with Crippen LogP contribution in [0.5, 0.6) is 0 Å². The van der Waals surface area contributed by atoms with E-state index in [1.807, 2.05) is 19.4 Å². The molecule has 13 heavy (non-hydrogen) atoms. The Morgan fingerprint density at radius 3 is 2.38 bits per heavy atom. The number of nitrogens with zero attached hydrogens (tertiary/aromatic N) is 1. The molecule has 0 aliphatic carbocycles. The quantitative estimate of drug-likeness (QED) is 0.613. The number of hydrogen-bond acceptors (Lipinski definition) is 5. The Hall–Kier alpha value is -0.790. The normalized spacial score (nSPS) is 14.8. The summed E-state index contributed by atoms with van der Waals surface area (Å²) in [6.45, 7) is 2.40. The molecule has 1 rings (SSSR count). The molecule has 0 amide bonds. The molecule has 6 nitrogen and oxygen atoms in total. The van der Waals surface area contributed by atoms with E-state index in [-0.39, 0.29) is 6.61 Å². The van der Waals surface area contributed by atoms with E-state index < -0.39 is 10.4 Å². The lowest BCUT2D eigenvalue weighted by Gasteiger charge is -2.02. The first-order chi connectivity index (χ1) is 5.95. The zero-order valence-electron chi connectivity index (χ0n) is 7.60. The summed E-state index contributed by atoms with van der Waals surface area (Å²) < 4.78 is 30.7. The Balaban J connectivity index is 0.000000223. The molecule has 7 heteroatoms. The fourth-order valence-electron chi connectivity index (χ4n) is 0.578. The lowest BCUT2D eigenvalue weighted by atomic mass is 10.9. The molecule has 0 aromatic carbocycles. The third-order valence-electron chi connectivity index (χ3n) is 1.05. The largest absolute Gasteiger partial charge is 0.397 e. The van der Waals surface area contributed by atoms with Crippen molar-refractivity contribution in [3.63, 3.8) is 0 Å². The third-order valence-corrected chi connectivity index (χ3v) is 1.59. The van der Waals surface area contributed by atoms with E-state index in [0.717, 1.165) is 6.67 Å². The van der Waals surface area contributed by atoms with E-state index in [0.29, 0.717) is 0 Å². The van der Waals surface area contributed by atoms with Crippen molar-refractivity contribution in [1.29, 1.82) is 0 Å². The van der Waals surface area contributed by atoms with Gasteiger partial charge in [0.1, 0.15) is 0 Å². The highest BCUT2D eigenvalue weighted by Crippen LogP contribution is 1.85. The number of nitrogens with one attached hydrogen (secondary N) is 1. The molecule has 78 valence electrons. The van der Waals surface area contributed by atoms with Gasteiger partial charge in [-0.3, -0.25) is 4.55 Å². The molecule has 1 heterocycles. The summed E-state index contributed by atoms with van der Waals surface area (Å²) in [6.07, 6.45) is 3.93. The van der Waals surface area contributed by atoms with Crippen LogP contribution in [0.25, 0.3) is 0 Å². The van der Waals surface area contributed by atoms with Crippen LogP contribution in [0.3, 0.4) is 0 Å². The van der Waals surface area contributed by atoms with E-state index in [1.165, 1.54) is 6.92 Å². The minimum atomic E-state index is -4.17. The van der Waals surface area contributed by atoms with Crippen molar-refractivity contribution in [2.45, 2.75) is 6.92 Å². The molecular formula is C6H14N2O4S. The first kappa shape index (κ1) is 12.2. The van der Waals surface area contributed by atoms with Crippen LogP contribution in [-0.4, -0.2) is 38.2 Å². The lowest BCUT2D eigenvalue weighted by molar-refractivity contribution is 0.283. The summed E-state index contributed by atoms with van der Waals surface area (Å²) in [7, 11) is -2.15. The number of rotatable bonds is 2. The summed E-state index contributed by atoms with van der Waals surface area (Å²) in [5.74, 6) is 0. The highest BCUT2D eigenvalue weighted by molar-refractivity contribution is 7.80. The van der Waals surface area contributed by atoms with Crippen LogP contribution in [0.4, 0.5) is 0 Å². The van der Waals surface area contributed by atoms with Crippen molar-refractivity contribution in [2.75, 3.05) is 20.3 Å². The van der Waals surface area contributed by atoms with E-state index >= 15 is 0 Å². The molecule has 0 unspecified atom stereocenters. The maximum Gasteiger partial charge on any atom is 0.397 e. The average Bonchev–Trinajstić information content (AvgIpc) is 2.38. The summed E-state index contributed by atoms with van der Waals surface area (Å²) in [5, 5.41) is 3.02. The van der Waals surface area contributed by atoms with Crippen LogP contribution in [-0.2, 0) is 14.6 Å². The van der Waals surface area contributed by atoms with Gasteiger partial charge in [0, 0.05) is 19.4 Å². The molecule has 1 aliphatic rings. The van der Waals surface area contributed by atoms with Gasteiger partial charge < -0.3 is 10.2 Å². The predicted molar refractivity (Wildman–Crippen MR) is 48.1 cm³/mol. The molecule has 1 aliphatic heterocycles. The van der Waals surface area contributed by atoms with E-state index in [4.69, 9.17) is 4.55 Å². The van der Waals surface area contributed by atoms with Crippen LogP contribution < -0.4 is 5.32 Å². The Bertz CT molecular complexity index is 249. The van der Waals surface area contributed by atoms with E-state index in [2.05, 4.69) is 14.4 Å². The van der Waals surface area contributed by atoms with Crippen LogP contribution >= 0.6 is 0 Å². The fraction of sp³-hybridized carbons (Fsp3) is 0.667. The van der Waals surface area contributed by atoms with Crippen molar-refractivity contribution >= 4 is 10.4 Å². The van der Waals surface area contributed by atoms with Gasteiger partial charge >= 0.3 is 10.4 Å². The molecule has 0 radical (unpaired) electrons. The molecule has 2 N–H and O–H groups in total. The maximum absolute atomic E-state index is 9.56. The van der Waals surface area contributed by atoms with Gasteiger partial charge in [0.2, 0.25) is 0 Å². The van der Waals surface area contributed by atoms with Crippen LogP contribution in [0.15, 0.2) is 12.4 Å². The second kappa shape index (κ2) is 5.79. The standard InChI is InChI=1S/C4H8N2.C2H6O4S/c1-6-3-2-5-4-6;1-2-6-7(3,4)5/h2-3,5H,4H2,1H3;2H2,1H3,(H,3,4,5). The molecule has 0 saturated carbocycles. The SMILES string of the molecule is CCOS(=O)(=O)O.CN1C=CNC1. The van der Waals surface area contributed by atoms with Gasteiger partial charge in [-0.15, -0.1) is 0 Å². The van der Waals surface area contributed by atoms with Gasteiger partial charge in [-0.25, -0.2) is 4.18 Å². The Morgan fingerprint density at radius 1 is 1.69 bits per heavy atom. The lowest BCUT2D eigenvalue weighted by Crippen LogP contribution is -2.14. The molecule has 0 saturated heterocycles. The molecule has 0 spiro atoms. The maximum atomic E-state index is 9.56. The van der Waals surface area contributed by atoms with Gasteiger partial charge in [-0.2, -0.15) is 8.42 Å². The monoisotopic (exact) mass is 210 g/mol. The average molecular weight is 210 g/mol. The molecule has 0 fully saturated rings. The smallest absolute Gasteiger partial charge is 0.373 e. The zero-order chi connectivity index (χ0) is 10.3. The fourth-order valence-corrected chi connectivity index (χ4v) is 0.876. The molecule has 0 atom stereocenters.